The Hall–Kier alpha value is -3.96. The van der Waals surface area contributed by atoms with E-state index in [9.17, 15) is 24.9 Å². The van der Waals surface area contributed by atoms with Gasteiger partial charge in [-0.15, -0.1) is 11.3 Å². The van der Waals surface area contributed by atoms with Crippen molar-refractivity contribution in [3.05, 3.63) is 93.9 Å². The van der Waals surface area contributed by atoms with E-state index in [0.717, 1.165) is 27.1 Å². The number of nitrogens with one attached hydrogen (secondary N) is 2. The summed E-state index contributed by atoms with van der Waals surface area (Å²) in [7, 11) is 0. The Morgan fingerprint density at radius 2 is 1.42 bits per heavy atom. The molecule has 4 aromatic rings. The van der Waals surface area contributed by atoms with Crippen molar-refractivity contribution in [2.45, 2.75) is 77.1 Å². The molecule has 0 radical (unpaired) electrons. The summed E-state index contributed by atoms with van der Waals surface area (Å²) in [5, 5.41) is 35.1. The predicted octanol–water partition coefficient (Wildman–Crippen LogP) is 5.16. The Morgan fingerprint density at radius 1 is 0.822 bits per heavy atom. The predicted molar refractivity (Wildman–Crippen MR) is 177 cm³/mol. The lowest BCUT2D eigenvalue weighted by molar-refractivity contribution is -0.141. The highest BCUT2D eigenvalue weighted by atomic mass is 32.1. The molecule has 0 saturated carbocycles. The summed E-state index contributed by atoms with van der Waals surface area (Å²) >= 11 is 1.37. The fourth-order valence-corrected chi connectivity index (χ4v) is 5.67. The van der Waals surface area contributed by atoms with Crippen molar-refractivity contribution in [1.29, 1.82) is 0 Å². The number of amides is 1. The molecule has 2 aromatic heterocycles. The number of aromatic nitrogens is 2. The second kappa shape index (κ2) is 14.0. The maximum Gasteiger partial charge on any atom is 0.323 e. The van der Waals surface area contributed by atoms with Crippen molar-refractivity contribution in [2.75, 3.05) is 6.61 Å². The van der Waals surface area contributed by atoms with Gasteiger partial charge in [0.05, 0.1) is 17.5 Å². The average Bonchev–Trinajstić information content (AvgIpc) is 3.51. The van der Waals surface area contributed by atoms with E-state index in [0.29, 0.717) is 10.7 Å². The smallest absolute Gasteiger partial charge is 0.323 e. The molecule has 1 amide bonds. The van der Waals surface area contributed by atoms with Gasteiger partial charge in [-0.25, -0.2) is 9.97 Å². The molecular formula is C35H42N4O5S. The molecule has 10 heteroatoms. The Morgan fingerprint density at radius 3 is 1.93 bits per heavy atom. The van der Waals surface area contributed by atoms with Crippen LogP contribution in [0.25, 0.3) is 22.5 Å². The van der Waals surface area contributed by atoms with Crippen molar-refractivity contribution in [2.24, 2.45) is 0 Å². The summed E-state index contributed by atoms with van der Waals surface area (Å²) in [6.07, 6.45) is 2.34. The highest BCUT2D eigenvalue weighted by Crippen LogP contribution is 2.30. The topological polar surface area (TPSA) is 145 Å². The minimum Gasteiger partial charge on any atom is -0.480 e. The highest BCUT2D eigenvalue weighted by Gasteiger charge is 2.28. The molecule has 5 N–H and O–H groups in total. The summed E-state index contributed by atoms with van der Waals surface area (Å²) < 4.78 is 0. The van der Waals surface area contributed by atoms with Crippen molar-refractivity contribution >= 4 is 23.2 Å². The Bertz CT molecular complexity index is 1590. The van der Waals surface area contributed by atoms with Crippen LogP contribution in [0.5, 0.6) is 0 Å². The van der Waals surface area contributed by atoms with Gasteiger partial charge < -0.3 is 20.6 Å². The molecule has 0 aliphatic heterocycles. The van der Waals surface area contributed by atoms with Gasteiger partial charge in [0.15, 0.2) is 5.82 Å². The molecule has 3 atom stereocenters. The van der Waals surface area contributed by atoms with Crippen molar-refractivity contribution in [3.8, 4) is 22.5 Å². The van der Waals surface area contributed by atoms with Gasteiger partial charge in [0.2, 0.25) is 0 Å². The van der Waals surface area contributed by atoms with Gasteiger partial charge in [-0.1, -0.05) is 90.1 Å². The van der Waals surface area contributed by atoms with E-state index in [1.807, 2.05) is 30.3 Å². The number of aliphatic hydroxyl groups excluding tert-OH is 2. The monoisotopic (exact) mass is 630 g/mol. The van der Waals surface area contributed by atoms with Gasteiger partial charge in [-0.3, -0.25) is 14.9 Å². The van der Waals surface area contributed by atoms with Gasteiger partial charge >= 0.3 is 5.97 Å². The summed E-state index contributed by atoms with van der Waals surface area (Å²) in [4.78, 5) is 35.3. The first kappa shape index (κ1) is 33.9. The molecule has 0 aliphatic carbocycles. The molecule has 2 heterocycles. The van der Waals surface area contributed by atoms with E-state index in [1.165, 1.54) is 16.9 Å². The number of nitrogens with zero attached hydrogens (tertiary/aromatic N) is 2. The van der Waals surface area contributed by atoms with E-state index in [-0.39, 0.29) is 23.2 Å². The van der Waals surface area contributed by atoms with Crippen molar-refractivity contribution in [3.63, 3.8) is 0 Å². The molecule has 2 aromatic carbocycles. The lowest BCUT2D eigenvalue weighted by Crippen LogP contribution is -2.56. The molecule has 0 fully saturated rings. The maximum atomic E-state index is 13.2. The lowest BCUT2D eigenvalue weighted by atomic mass is 9.86. The van der Waals surface area contributed by atoms with Gasteiger partial charge in [0, 0.05) is 28.4 Å². The number of hydrogen-bond donors (Lipinski definition) is 5. The normalized spacial score (nSPS) is 14.0. The highest BCUT2D eigenvalue weighted by molar-refractivity contribution is 7.14. The zero-order valence-electron chi connectivity index (χ0n) is 26.5. The van der Waals surface area contributed by atoms with E-state index in [1.54, 1.807) is 18.5 Å². The van der Waals surface area contributed by atoms with Crippen LogP contribution in [0.3, 0.4) is 0 Å². The zero-order valence-corrected chi connectivity index (χ0v) is 27.4. The number of thiophene rings is 1. The number of rotatable bonds is 11. The zero-order chi connectivity index (χ0) is 32.9. The third kappa shape index (κ3) is 8.82. The molecule has 4 rings (SSSR count). The Kier molecular flexibility index (Phi) is 10.5. The maximum absolute atomic E-state index is 13.2. The fourth-order valence-electron chi connectivity index (χ4n) is 4.70. The summed E-state index contributed by atoms with van der Waals surface area (Å²) in [6.45, 7) is 12.0. The quantitative estimate of drug-likeness (QED) is 0.143. The van der Waals surface area contributed by atoms with Crippen LogP contribution in [0, 0.1) is 0 Å². The third-order valence-electron chi connectivity index (χ3n) is 7.52. The molecule has 9 nitrogen and oxygen atoms in total. The molecule has 0 bridgehead atoms. The van der Waals surface area contributed by atoms with E-state index in [4.69, 9.17) is 0 Å². The van der Waals surface area contributed by atoms with Crippen LogP contribution in [0.15, 0.2) is 73.1 Å². The first-order chi connectivity index (χ1) is 21.2. The second-order valence-corrected chi connectivity index (χ2v) is 14.3. The van der Waals surface area contributed by atoms with E-state index >= 15 is 0 Å². The SMILES string of the molecule is CC(C)(C)c1ccc(-c2cnc(-c3ccc(C[C@H](NC(=O)c4ccc(C(C)(C)C)s4)C(O)N[C@H](CO)C(=O)O)cc3)nc2)cc1. The summed E-state index contributed by atoms with van der Waals surface area (Å²) in [6, 6.07) is 17.2. The fraction of sp³-hybridized carbons (Fsp3) is 0.371. The standard InChI is InChI=1S/C35H42N4O5S/c1-34(2,3)25-13-11-22(12-14-25)24-18-36-30(37-19-24)23-9-7-21(8-10-23)17-26(31(41)39-27(20-40)33(43)44)38-32(42)28-15-16-29(45-28)35(4,5)6/h7-16,18-19,26-27,31,39-41H,17,20H2,1-6H3,(H,38,42)(H,43,44)/t26-,27+,31?/m0/s1. The van der Waals surface area contributed by atoms with Crippen LogP contribution in [0.1, 0.15) is 67.2 Å². The number of carboxylic acid groups (broad SMARTS) is 1. The molecular weight excluding hydrogens is 588 g/mol. The third-order valence-corrected chi connectivity index (χ3v) is 9.03. The molecule has 0 saturated heterocycles. The molecule has 45 heavy (non-hydrogen) atoms. The minimum absolute atomic E-state index is 0.0752. The van der Waals surface area contributed by atoms with Crippen molar-refractivity contribution in [1.82, 2.24) is 20.6 Å². The molecule has 1 unspecified atom stereocenters. The van der Waals surface area contributed by atoms with Gasteiger partial charge in [-0.05, 0) is 46.1 Å². The van der Waals surface area contributed by atoms with Crippen molar-refractivity contribution < 1.29 is 24.9 Å². The number of aliphatic carboxylic acids is 1. The first-order valence-electron chi connectivity index (χ1n) is 14.9. The van der Waals surface area contributed by atoms with Crippen LogP contribution in [-0.4, -0.2) is 62.1 Å². The van der Waals surface area contributed by atoms with Crippen LogP contribution >= 0.6 is 11.3 Å². The number of aliphatic hydroxyl groups is 2. The van der Waals surface area contributed by atoms with Crippen LogP contribution in [-0.2, 0) is 22.0 Å². The van der Waals surface area contributed by atoms with Gasteiger partial charge in [0.25, 0.3) is 5.91 Å². The van der Waals surface area contributed by atoms with Gasteiger partial charge in [0.1, 0.15) is 12.3 Å². The number of carbonyl (C=O) groups excluding carboxylic acids is 1. The largest absolute Gasteiger partial charge is 0.480 e. The van der Waals surface area contributed by atoms with Gasteiger partial charge in [-0.2, -0.15) is 0 Å². The minimum atomic E-state index is -1.45. The summed E-state index contributed by atoms with van der Waals surface area (Å²) in [5.41, 5.74) is 4.75. The van der Waals surface area contributed by atoms with E-state index in [2.05, 4.69) is 86.4 Å². The number of carbonyl (C=O) groups is 2. The van der Waals surface area contributed by atoms with Crippen LogP contribution in [0.2, 0.25) is 0 Å². The molecule has 0 spiro atoms. The first-order valence-corrected chi connectivity index (χ1v) is 15.7. The van der Waals surface area contributed by atoms with Crippen LogP contribution < -0.4 is 10.6 Å². The Labute approximate surface area is 268 Å². The molecule has 238 valence electrons. The molecule has 0 aliphatic rings. The Balaban J connectivity index is 1.49. The van der Waals surface area contributed by atoms with Crippen LogP contribution in [0.4, 0.5) is 0 Å². The number of benzene rings is 2. The van der Waals surface area contributed by atoms with E-state index < -0.39 is 30.9 Å². The number of carboxylic acids is 1. The average molecular weight is 631 g/mol. The lowest BCUT2D eigenvalue weighted by Gasteiger charge is -2.27. The summed E-state index contributed by atoms with van der Waals surface area (Å²) in [5.74, 6) is -1.13. The number of hydrogen-bond acceptors (Lipinski definition) is 8. The second-order valence-electron chi connectivity index (χ2n) is 13.2.